The highest BCUT2D eigenvalue weighted by molar-refractivity contribution is 7.11. The molecule has 1 aromatic heterocycles. The SMILES string of the molecule is CCCc1nc(CN2CCCC2)sc1CNC1CCCC1. The van der Waals surface area contributed by atoms with Gasteiger partial charge in [0.25, 0.3) is 0 Å². The zero-order valence-electron chi connectivity index (χ0n) is 13.4. The van der Waals surface area contributed by atoms with Gasteiger partial charge < -0.3 is 5.32 Å². The van der Waals surface area contributed by atoms with Gasteiger partial charge in [-0.15, -0.1) is 11.3 Å². The molecule has 4 heteroatoms. The average Bonchev–Trinajstić information content (AvgIpc) is 3.20. The van der Waals surface area contributed by atoms with Crippen molar-refractivity contribution in [3.05, 3.63) is 15.6 Å². The molecule has 1 N–H and O–H groups in total. The van der Waals surface area contributed by atoms with Crippen LogP contribution in [-0.2, 0) is 19.5 Å². The molecule has 21 heavy (non-hydrogen) atoms. The van der Waals surface area contributed by atoms with Gasteiger partial charge in [0, 0.05) is 17.5 Å². The Morgan fingerprint density at radius 2 is 1.95 bits per heavy atom. The lowest BCUT2D eigenvalue weighted by Crippen LogP contribution is -2.25. The summed E-state index contributed by atoms with van der Waals surface area (Å²) >= 11 is 1.95. The second-order valence-corrected chi connectivity index (χ2v) is 7.74. The summed E-state index contributed by atoms with van der Waals surface area (Å²) < 4.78 is 0. The van der Waals surface area contributed by atoms with Crippen LogP contribution in [0.5, 0.6) is 0 Å². The van der Waals surface area contributed by atoms with E-state index in [9.17, 15) is 0 Å². The smallest absolute Gasteiger partial charge is 0.107 e. The summed E-state index contributed by atoms with van der Waals surface area (Å²) in [6, 6.07) is 0.753. The largest absolute Gasteiger partial charge is 0.309 e. The first-order valence-corrected chi connectivity index (χ1v) is 9.60. The van der Waals surface area contributed by atoms with Crippen molar-refractivity contribution >= 4 is 11.3 Å². The maximum atomic E-state index is 4.95. The maximum absolute atomic E-state index is 4.95. The van der Waals surface area contributed by atoms with E-state index in [-0.39, 0.29) is 0 Å². The number of aryl methyl sites for hydroxylation is 1. The molecule has 0 bridgehead atoms. The Morgan fingerprint density at radius 3 is 2.67 bits per heavy atom. The molecule has 3 rings (SSSR count). The summed E-state index contributed by atoms with van der Waals surface area (Å²) in [6.45, 7) is 6.90. The van der Waals surface area contributed by atoms with Crippen LogP contribution in [0.3, 0.4) is 0 Å². The molecule has 2 fully saturated rings. The van der Waals surface area contributed by atoms with Crippen LogP contribution in [0, 0.1) is 0 Å². The summed E-state index contributed by atoms with van der Waals surface area (Å²) in [5.74, 6) is 0. The molecule has 0 atom stereocenters. The van der Waals surface area contributed by atoms with E-state index in [1.165, 1.54) is 73.6 Å². The first kappa shape index (κ1) is 15.4. The third-order valence-corrected chi connectivity index (χ3v) is 5.86. The molecule has 1 aliphatic carbocycles. The molecular formula is C17H29N3S. The summed E-state index contributed by atoms with van der Waals surface area (Å²) in [5, 5.41) is 5.10. The van der Waals surface area contributed by atoms with Gasteiger partial charge >= 0.3 is 0 Å². The molecule has 0 spiro atoms. The highest BCUT2D eigenvalue weighted by atomic mass is 32.1. The van der Waals surface area contributed by atoms with E-state index in [1.54, 1.807) is 0 Å². The molecule has 2 heterocycles. The Kier molecular flexibility index (Phi) is 5.67. The molecule has 118 valence electrons. The van der Waals surface area contributed by atoms with Gasteiger partial charge in [0.2, 0.25) is 0 Å². The molecule has 1 aromatic rings. The lowest BCUT2D eigenvalue weighted by molar-refractivity contribution is 0.330. The van der Waals surface area contributed by atoms with E-state index in [2.05, 4.69) is 17.1 Å². The topological polar surface area (TPSA) is 28.2 Å². The molecule has 0 aromatic carbocycles. The predicted octanol–water partition coefficient (Wildman–Crippen LogP) is 3.72. The minimum atomic E-state index is 0.753. The summed E-state index contributed by atoms with van der Waals surface area (Å²) in [5.41, 5.74) is 1.36. The number of thiazole rings is 1. The Balaban J connectivity index is 1.60. The summed E-state index contributed by atoms with van der Waals surface area (Å²) in [6.07, 6.45) is 10.6. The van der Waals surface area contributed by atoms with Crippen molar-refractivity contribution in [2.75, 3.05) is 13.1 Å². The van der Waals surface area contributed by atoms with Gasteiger partial charge in [-0.3, -0.25) is 4.90 Å². The number of aromatic nitrogens is 1. The second-order valence-electron chi connectivity index (χ2n) is 6.57. The van der Waals surface area contributed by atoms with Gasteiger partial charge in [-0.2, -0.15) is 0 Å². The maximum Gasteiger partial charge on any atom is 0.107 e. The van der Waals surface area contributed by atoms with E-state index in [4.69, 9.17) is 4.98 Å². The van der Waals surface area contributed by atoms with Crippen molar-refractivity contribution in [1.29, 1.82) is 0 Å². The Hall–Kier alpha value is -0.450. The van der Waals surface area contributed by atoms with Gasteiger partial charge in [0.05, 0.1) is 12.2 Å². The van der Waals surface area contributed by atoms with E-state index in [0.29, 0.717) is 0 Å². The van der Waals surface area contributed by atoms with Crippen LogP contribution >= 0.6 is 11.3 Å². The first-order chi connectivity index (χ1) is 10.3. The molecule has 2 aliphatic rings. The highest BCUT2D eigenvalue weighted by Gasteiger charge is 2.18. The van der Waals surface area contributed by atoms with Crippen molar-refractivity contribution in [2.45, 2.75) is 77.4 Å². The number of nitrogens with zero attached hydrogens (tertiary/aromatic N) is 2. The zero-order chi connectivity index (χ0) is 14.5. The quantitative estimate of drug-likeness (QED) is 0.832. The number of nitrogens with one attached hydrogen (secondary N) is 1. The van der Waals surface area contributed by atoms with Crippen LogP contribution in [-0.4, -0.2) is 29.0 Å². The van der Waals surface area contributed by atoms with Gasteiger partial charge in [-0.25, -0.2) is 4.98 Å². The highest BCUT2D eigenvalue weighted by Crippen LogP contribution is 2.24. The van der Waals surface area contributed by atoms with Crippen LogP contribution in [0.1, 0.15) is 67.4 Å². The normalized spacial score (nSPS) is 20.6. The Labute approximate surface area is 133 Å². The lowest BCUT2D eigenvalue weighted by atomic mass is 10.2. The van der Waals surface area contributed by atoms with Crippen molar-refractivity contribution in [2.24, 2.45) is 0 Å². The zero-order valence-corrected chi connectivity index (χ0v) is 14.2. The second kappa shape index (κ2) is 7.70. The van der Waals surface area contributed by atoms with E-state index < -0.39 is 0 Å². The third kappa shape index (κ3) is 4.27. The number of rotatable bonds is 7. The predicted molar refractivity (Wildman–Crippen MR) is 89.7 cm³/mol. The molecule has 0 radical (unpaired) electrons. The minimum absolute atomic E-state index is 0.753. The molecular weight excluding hydrogens is 278 g/mol. The molecule has 1 aliphatic heterocycles. The fraction of sp³-hybridized carbons (Fsp3) is 0.824. The summed E-state index contributed by atoms with van der Waals surface area (Å²) in [4.78, 5) is 9.00. The fourth-order valence-corrected chi connectivity index (χ4v) is 4.68. The standard InChI is InChI=1S/C17H29N3S/c1-2-7-15-16(12-18-14-8-3-4-9-14)21-17(19-15)13-20-10-5-6-11-20/h14,18H,2-13H2,1H3. The molecule has 1 saturated heterocycles. The molecule has 0 amide bonds. The van der Waals surface area contributed by atoms with Crippen LogP contribution in [0.15, 0.2) is 0 Å². The number of hydrogen-bond donors (Lipinski definition) is 1. The van der Waals surface area contributed by atoms with Crippen molar-refractivity contribution in [3.63, 3.8) is 0 Å². The van der Waals surface area contributed by atoms with Crippen LogP contribution in [0.2, 0.25) is 0 Å². The van der Waals surface area contributed by atoms with E-state index in [1.807, 2.05) is 11.3 Å². The number of likely N-dealkylation sites (tertiary alicyclic amines) is 1. The van der Waals surface area contributed by atoms with Crippen molar-refractivity contribution < 1.29 is 0 Å². The van der Waals surface area contributed by atoms with Gasteiger partial charge in [-0.05, 0) is 45.2 Å². The first-order valence-electron chi connectivity index (χ1n) is 8.78. The molecule has 0 unspecified atom stereocenters. The Morgan fingerprint density at radius 1 is 1.19 bits per heavy atom. The van der Waals surface area contributed by atoms with Gasteiger partial charge in [0.1, 0.15) is 5.01 Å². The van der Waals surface area contributed by atoms with Crippen LogP contribution < -0.4 is 5.32 Å². The lowest BCUT2D eigenvalue weighted by Gasteiger charge is -2.11. The average molecular weight is 308 g/mol. The van der Waals surface area contributed by atoms with Crippen LogP contribution in [0.4, 0.5) is 0 Å². The summed E-state index contributed by atoms with van der Waals surface area (Å²) in [7, 11) is 0. The minimum Gasteiger partial charge on any atom is -0.309 e. The fourth-order valence-electron chi connectivity index (χ4n) is 3.57. The molecule has 1 saturated carbocycles. The Bertz CT molecular complexity index is 431. The van der Waals surface area contributed by atoms with Gasteiger partial charge in [-0.1, -0.05) is 26.2 Å². The van der Waals surface area contributed by atoms with E-state index >= 15 is 0 Å². The van der Waals surface area contributed by atoms with Crippen LogP contribution in [0.25, 0.3) is 0 Å². The van der Waals surface area contributed by atoms with Crippen molar-refractivity contribution in [3.8, 4) is 0 Å². The van der Waals surface area contributed by atoms with Gasteiger partial charge in [0.15, 0.2) is 0 Å². The monoisotopic (exact) mass is 307 g/mol. The molecule has 3 nitrogen and oxygen atoms in total. The van der Waals surface area contributed by atoms with Crippen molar-refractivity contribution in [1.82, 2.24) is 15.2 Å². The van der Waals surface area contributed by atoms with E-state index in [0.717, 1.165) is 25.6 Å². The third-order valence-electron chi connectivity index (χ3n) is 4.77. The number of hydrogen-bond acceptors (Lipinski definition) is 4.